The first-order valence-electron chi connectivity index (χ1n) is 8.81. The van der Waals surface area contributed by atoms with Gasteiger partial charge in [-0.25, -0.2) is 0 Å². The van der Waals surface area contributed by atoms with Gasteiger partial charge < -0.3 is 14.2 Å². The molecule has 0 N–H and O–H groups in total. The van der Waals surface area contributed by atoms with Crippen molar-refractivity contribution in [2.45, 2.75) is 13.1 Å². The molecule has 1 heterocycles. The molecular weight excluding hydrogens is 376 g/mol. The third-order valence-corrected chi connectivity index (χ3v) is 4.84. The molecule has 0 bridgehead atoms. The van der Waals surface area contributed by atoms with Crippen LogP contribution in [0.25, 0.3) is 0 Å². The second kappa shape index (κ2) is 8.76. The van der Waals surface area contributed by atoms with Crippen LogP contribution in [0.2, 0.25) is 5.02 Å². The fourth-order valence-corrected chi connectivity index (χ4v) is 3.17. The molecule has 0 saturated carbocycles. The van der Waals surface area contributed by atoms with E-state index in [-0.39, 0.29) is 11.5 Å². The van der Waals surface area contributed by atoms with Gasteiger partial charge >= 0.3 is 0 Å². The Morgan fingerprint density at radius 2 is 1.71 bits per heavy atom. The average Bonchev–Trinajstić information content (AvgIpc) is 2.71. The standard InChI is InChI=1S/C22H21ClN2O3/c1-24(13-17-8-4-6-10-20(17)28-2)22(27)18-11-12-21(26)25(15-18)14-16-7-3-5-9-19(16)23/h3-12,15H,13-14H2,1-2H3. The van der Waals surface area contributed by atoms with E-state index >= 15 is 0 Å². The highest BCUT2D eigenvalue weighted by atomic mass is 35.5. The van der Waals surface area contributed by atoms with E-state index in [1.165, 1.54) is 10.6 Å². The molecule has 3 aromatic rings. The zero-order valence-corrected chi connectivity index (χ0v) is 16.5. The molecule has 1 amide bonds. The number of carbonyl (C=O) groups is 1. The van der Waals surface area contributed by atoms with Gasteiger partial charge in [-0.15, -0.1) is 0 Å². The van der Waals surface area contributed by atoms with Crippen molar-refractivity contribution in [1.29, 1.82) is 0 Å². The number of benzene rings is 2. The summed E-state index contributed by atoms with van der Waals surface area (Å²) in [4.78, 5) is 26.7. The van der Waals surface area contributed by atoms with Crippen molar-refractivity contribution in [3.63, 3.8) is 0 Å². The predicted molar refractivity (Wildman–Crippen MR) is 110 cm³/mol. The van der Waals surface area contributed by atoms with Gasteiger partial charge in [0.05, 0.1) is 19.2 Å². The maximum Gasteiger partial charge on any atom is 0.255 e. The zero-order chi connectivity index (χ0) is 20.1. The van der Waals surface area contributed by atoms with Crippen molar-refractivity contribution >= 4 is 17.5 Å². The molecule has 5 nitrogen and oxygen atoms in total. The van der Waals surface area contributed by atoms with Gasteiger partial charge in [-0.2, -0.15) is 0 Å². The van der Waals surface area contributed by atoms with Crippen LogP contribution in [0.1, 0.15) is 21.5 Å². The molecule has 0 spiro atoms. The Hall–Kier alpha value is -3.05. The van der Waals surface area contributed by atoms with E-state index in [1.54, 1.807) is 37.4 Å². The fourth-order valence-electron chi connectivity index (χ4n) is 2.97. The Morgan fingerprint density at radius 3 is 2.43 bits per heavy atom. The van der Waals surface area contributed by atoms with Crippen LogP contribution in [0.4, 0.5) is 0 Å². The number of pyridine rings is 1. The smallest absolute Gasteiger partial charge is 0.255 e. The Bertz CT molecular complexity index is 1050. The maximum absolute atomic E-state index is 12.9. The number of rotatable bonds is 6. The molecule has 6 heteroatoms. The van der Waals surface area contributed by atoms with Crippen LogP contribution in [0.3, 0.4) is 0 Å². The van der Waals surface area contributed by atoms with Gasteiger partial charge in [-0.3, -0.25) is 9.59 Å². The summed E-state index contributed by atoms with van der Waals surface area (Å²) in [7, 11) is 3.32. The molecule has 0 aliphatic heterocycles. The van der Waals surface area contributed by atoms with Crippen molar-refractivity contribution in [3.05, 3.63) is 98.9 Å². The minimum atomic E-state index is -0.191. The van der Waals surface area contributed by atoms with E-state index in [0.717, 1.165) is 16.9 Å². The van der Waals surface area contributed by atoms with E-state index in [0.29, 0.717) is 23.7 Å². The molecule has 2 aromatic carbocycles. The Morgan fingerprint density at radius 1 is 1.04 bits per heavy atom. The van der Waals surface area contributed by atoms with Crippen LogP contribution in [-0.4, -0.2) is 29.5 Å². The van der Waals surface area contributed by atoms with Crippen LogP contribution in [0.5, 0.6) is 5.75 Å². The topological polar surface area (TPSA) is 51.5 Å². The average molecular weight is 397 g/mol. The van der Waals surface area contributed by atoms with Crippen LogP contribution in [-0.2, 0) is 13.1 Å². The number of aromatic nitrogens is 1. The van der Waals surface area contributed by atoms with Crippen LogP contribution >= 0.6 is 11.6 Å². The van der Waals surface area contributed by atoms with Gasteiger partial charge in [0.15, 0.2) is 0 Å². The van der Waals surface area contributed by atoms with E-state index < -0.39 is 0 Å². The molecule has 0 atom stereocenters. The zero-order valence-electron chi connectivity index (χ0n) is 15.8. The van der Waals surface area contributed by atoms with Crippen molar-refractivity contribution < 1.29 is 9.53 Å². The summed E-state index contributed by atoms with van der Waals surface area (Å²) in [6.45, 7) is 0.697. The summed E-state index contributed by atoms with van der Waals surface area (Å²) in [5, 5.41) is 0.583. The van der Waals surface area contributed by atoms with Gasteiger partial charge in [0.1, 0.15) is 5.75 Å². The summed E-state index contributed by atoms with van der Waals surface area (Å²) < 4.78 is 6.84. The first kappa shape index (κ1) is 19.7. The Labute approximate surface area is 168 Å². The highest BCUT2D eigenvalue weighted by Gasteiger charge is 2.15. The van der Waals surface area contributed by atoms with E-state index in [2.05, 4.69) is 0 Å². The van der Waals surface area contributed by atoms with Gasteiger partial charge in [0.2, 0.25) is 0 Å². The minimum Gasteiger partial charge on any atom is -0.496 e. The second-order valence-electron chi connectivity index (χ2n) is 6.45. The first-order valence-corrected chi connectivity index (χ1v) is 9.18. The van der Waals surface area contributed by atoms with E-state index in [1.807, 2.05) is 42.5 Å². The van der Waals surface area contributed by atoms with Crippen LogP contribution < -0.4 is 10.3 Å². The van der Waals surface area contributed by atoms with Gasteiger partial charge in [-0.05, 0) is 23.8 Å². The van der Waals surface area contributed by atoms with Gasteiger partial charge in [0.25, 0.3) is 11.5 Å². The lowest BCUT2D eigenvalue weighted by atomic mass is 10.1. The fraction of sp³-hybridized carbons (Fsp3) is 0.182. The van der Waals surface area contributed by atoms with Gasteiger partial charge in [0, 0.05) is 36.4 Å². The minimum absolute atomic E-state index is 0.182. The molecule has 3 rings (SSSR count). The number of hydrogen-bond acceptors (Lipinski definition) is 3. The summed E-state index contributed by atoms with van der Waals surface area (Å²) in [5.74, 6) is 0.546. The van der Waals surface area contributed by atoms with Gasteiger partial charge in [-0.1, -0.05) is 48.0 Å². The van der Waals surface area contributed by atoms with E-state index in [4.69, 9.17) is 16.3 Å². The second-order valence-corrected chi connectivity index (χ2v) is 6.86. The van der Waals surface area contributed by atoms with E-state index in [9.17, 15) is 9.59 Å². The number of halogens is 1. The van der Waals surface area contributed by atoms with Crippen molar-refractivity contribution in [3.8, 4) is 5.75 Å². The highest BCUT2D eigenvalue weighted by molar-refractivity contribution is 6.31. The summed E-state index contributed by atoms with van der Waals surface area (Å²) in [5.41, 5.74) is 1.97. The predicted octanol–water partition coefficient (Wildman–Crippen LogP) is 3.83. The summed E-state index contributed by atoms with van der Waals surface area (Å²) >= 11 is 6.20. The highest BCUT2D eigenvalue weighted by Crippen LogP contribution is 2.20. The number of carbonyl (C=O) groups excluding carboxylic acids is 1. The lowest BCUT2D eigenvalue weighted by molar-refractivity contribution is 0.0783. The maximum atomic E-state index is 12.9. The SMILES string of the molecule is COc1ccccc1CN(C)C(=O)c1ccc(=O)n(Cc2ccccc2Cl)c1. The van der Waals surface area contributed by atoms with Crippen LogP contribution in [0.15, 0.2) is 71.7 Å². The number of para-hydroxylation sites is 1. The lowest BCUT2D eigenvalue weighted by Crippen LogP contribution is -2.28. The largest absolute Gasteiger partial charge is 0.496 e. The monoisotopic (exact) mass is 396 g/mol. The summed E-state index contributed by atoms with van der Waals surface area (Å²) in [6, 6.07) is 17.8. The number of methoxy groups -OCH3 is 1. The molecule has 0 radical (unpaired) electrons. The van der Waals surface area contributed by atoms with Crippen molar-refractivity contribution in [2.75, 3.05) is 14.2 Å². The third-order valence-electron chi connectivity index (χ3n) is 4.48. The molecular formula is C22H21ClN2O3. The molecule has 0 saturated heterocycles. The molecule has 28 heavy (non-hydrogen) atoms. The molecule has 1 aromatic heterocycles. The Kier molecular flexibility index (Phi) is 6.16. The Balaban J connectivity index is 1.82. The third kappa shape index (κ3) is 4.43. The van der Waals surface area contributed by atoms with Crippen molar-refractivity contribution in [1.82, 2.24) is 9.47 Å². The lowest BCUT2D eigenvalue weighted by Gasteiger charge is -2.19. The quantitative estimate of drug-likeness (QED) is 0.636. The number of nitrogens with zero attached hydrogens (tertiary/aromatic N) is 2. The first-order chi connectivity index (χ1) is 13.5. The van der Waals surface area contributed by atoms with Crippen LogP contribution in [0, 0.1) is 0 Å². The van der Waals surface area contributed by atoms with Crippen molar-refractivity contribution in [2.24, 2.45) is 0 Å². The normalized spacial score (nSPS) is 10.5. The molecule has 0 aliphatic rings. The molecule has 0 fully saturated rings. The molecule has 0 unspecified atom stereocenters. The molecule has 144 valence electrons. The molecule has 0 aliphatic carbocycles. The number of hydrogen-bond donors (Lipinski definition) is 0. The number of ether oxygens (including phenoxy) is 1. The number of amides is 1. The summed E-state index contributed by atoms with van der Waals surface area (Å²) in [6.07, 6.45) is 1.58.